The zero-order chi connectivity index (χ0) is 13.7. The maximum Gasteiger partial charge on any atom is 0.255 e. The molecule has 6 heteroatoms. The van der Waals surface area contributed by atoms with Crippen LogP contribution in [-0.4, -0.2) is 21.5 Å². The van der Waals surface area contributed by atoms with Gasteiger partial charge in [0.25, 0.3) is 5.56 Å². The van der Waals surface area contributed by atoms with Gasteiger partial charge in [-0.2, -0.15) is 0 Å². The molecule has 0 bridgehead atoms. The molecule has 0 amide bonds. The molecule has 2 N–H and O–H groups in total. The maximum absolute atomic E-state index is 12.2. The Hall–Kier alpha value is -1.53. The Labute approximate surface area is 120 Å². The van der Waals surface area contributed by atoms with E-state index in [-0.39, 0.29) is 11.0 Å². The van der Waals surface area contributed by atoms with Crippen LogP contribution in [0.3, 0.4) is 0 Å². The van der Waals surface area contributed by atoms with Crippen LogP contribution in [0.1, 0.15) is 40.6 Å². The lowest BCUT2D eigenvalue weighted by Gasteiger charge is -2.18. The highest BCUT2D eigenvalue weighted by molar-refractivity contribution is 7.09. The van der Waals surface area contributed by atoms with Crippen LogP contribution in [0.4, 0.5) is 0 Å². The Balaban J connectivity index is 1.83. The molecule has 0 atom stereocenters. The van der Waals surface area contributed by atoms with Crippen LogP contribution in [0.15, 0.2) is 10.2 Å². The number of rotatable bonds is 2. The van der Waals surface area contributed by atoms with Gasteiger partial charge in [-0.05, 0) is 19.8 Å². The monoisotopic (exact) mass is 288 g/mol. The molecular weight excluding hydrogens is 272 g/mol. The molecule has 4 rings (SSSR count). The standard InChI is InChI=1S/C14H16N4OS/c1-8-7-20-13(16-8)14(3-4-14)12-17-10-2-5-15-6-9(10)11(19)18-12/h7,15H,2-6H2,1H3,(H,17,18,19). The molecule has 0 saturated heterocycles. The first-order chi connectivity index (χ1) is 9.69. The van der Waals surface area contributed by atoms with Gasteiger partial charge in [-0.3, -0.25) is 4.79 Å². The van der Waals surface area contributed by atoms with Crippen molar-refractivity contribution in [3.05, 3.63) is 43.5 Å². The summed E-state index contributed by atoms with van der Waals surface area (Å²) in [7, 11) is 0. The summed E-state index contributed by atoms with van der Waals surface area (Å²) in [6.45, 7) is 3.53. The third kappa shape index (κ3) is 1.75. The molecule has 3 heterocycles. The number of fused-ring (bicyclic) bond motifs is 1. The molecule has 2 aromatic heterocycles. The van der Waals surface area contributed by atoms with Crippen molar-refractivity contribution >= 4 is 11.3 Å². The molecule has 2 aromatic rings. The molecule has 104 valence electrons. The molecule has 0 unspecified atom stereocenters. The normalized spacial score (nSPS) is 19.6. The first-order valence-electron chi connectivity index (χ1n) is 6.95. The Bertz CT molecular complexity index is 729. The van der Waals surface area contributed by atoms with Crippen molar-refractivity contribution in [1.82, 2.24) is 20.3 Å². The number of aromatic amines is 1. The van der Waals surface area contributed by atoms with Gasteiger partial charge in [0.05, 0.1) is 16.7 Å². The van der Waals surface area contributed by atoms with Gasteiger partial charge in [0.2, 0.25) is 0 Å². The molecule has 0 aromatic carbocycles. The quantitative estimate of drug-likeness (QED) is 0.873. The van der Waals surface area contributed by atoms with Crippen molar-refractivity contribution in [2.45, 2.75) is 38.1 Å². The van der Waals surface area contributed by atoms with Crippen LogP contribution in [0, 0.1) is 6.92 Å². The van der Waals surface area contributed by atoms with Crippen molar-refractivity contribution in [2.24, 2.45) is 0 Å². The highest BCUT2D eigenvalue weighted by Gasteiger charge is 2.51. The average Bonchev–Trinajstić information content (AvgIpc) is 3.15. The largest absolute Gasteiger partial charge is 0.312 e. The van der Waals surface area contributed by atoms with Crippen LogP contribution in [-0.2, 0) is 18.4 Å². The molecule has 0 spiro atoms. The third-order valence-electron chi connectivity index (χ3n) is 4.17. The summed E-state index contributed by atoms with van der Waals surface area (Å²) in [6.07, 6.45) is 2.89. The fourth-order valence-corrected chi connectivity index (χ4v) is 3.89. The van der Waals surface area contributed by atoms with Crippen LogP contribution in [0.25, 0.3) is 0 Å². The van der Waals surface area contributed by atoms with Gasteiger partial charge in [-0.25, -0.2) is 9.97 Å². The maximum atomic E-state index is 12.2. The number of aromatic nitrogens is 3. The van der Waals surface area contributed by atoms with Crippen LogP contribution in [0.5, 0.6) is 0 Å². The van der Waals surface area contributed by atoms with Crippen molar-refractivity contribution in [3.63, 3.8) is 0 Å². The minimum atomic E-state index is -0.127. The second-order valence-electron chi connectivity index (χ2n) is 5.64. The van der Waals surface area contributed by atoms with E-state index in [1.807, 2.05) is 6.92 Å². The smallest absolute Gasteiger partial charge is 0.255 e. The summed E-state index contributed by atoms with van der Waals surface area (Å²) < 4.78 is 0. The summed E-state index contributed by atoms with van der Waals surface area (Å²) in [5, 5.41) is 6.38. The molecule has 1 aliphatic heterocycles. The number of hydrogen-bond donors (Lipinski definition) is 2. The topological polar surface area (TPSA) is 70.7 Å². The minimum Gasteiger partial charge on any atom is -0.312 e. The van der Waals surface area contributed by atoms with Gasteiger partial charge in [0.15, 0.2) is 0 Å². The molecule has 5 nitrogen and oxygen atoms in total. The van der Waals surface area contributed by atoms with Crippen molar-refractivity contribution < 1.29 is 0 Å². The van der Waals surface area contributed by atoms with Crippen LogP contribution >= 0.6 is 11.3 Å². The van der Waals surface area contributed by atoms with E-state index in [2.05, 4.69) is 20.7 Å². The van der Waals surface area contributed by atoms with E-state index >= 15 is 0 Å². The Morgan fingerprint density at radius 1 is 1.35 bits per heavy atom. The predicted octanol–water partition coefficient (Wildman–Crippen LogP) is 1.26. The number of nitrogens with one attached hydrogen (secondary N) is 2. The number of nitrogens with zero attached hydrogens (tertiary/aromatic N) is 2. The lowest BCUT2D eigenvalue weighted by Crippen LogP contribution is -2.33. The van der Waals surface area contributed by atoms with Crippen molar-refractivity contribution in [2.75, 3.05) is 6.54 Å². The zero-order valence-electron chi connectivity index (χ0n) is 11.3. The average molecular weight is 288 g/mol. The van der Waals surface area contributed by atoms with E-state index in [9.17, 15) is 4.79 Å². The van der Waals surface area contributed by atoms with Gasteiger partial charge in [0.1, 0.15) is 10.8 Å². The minimum absolute atomic E-state index is 0.0109. The summed E-state index contributed by atoms with van der Waals surface area (Å²) in [5.41, 5.74) is 2.68. The van der Waals surface area contributed by atoms with E-state index < -0.39 is 0 Å². The van der Waals surface area contributed by atoms with Crippen LogP contribution < -0.4 is 10.9 Å². The van der Waals surface area contributed by atoms with E-state index in [0.29, 0.717) is 6.54 Å². The summed E-state index contributed by atoms with van der Waals surface area (Å²) in [5.74, 6) is 0.817. The first-order valence-corrected chi connectivity index (χ1v) is 7.83. The fourth-order valence-electron chi connectivity index (χ4n) is 2.83. The molecule has 20 heavy (non-hydrogen) atoms. The fraction of sp³-hybridized carbons (Fsp3) is 0.500. The van der Waals surface area contributed by atoms with E-state index in [1.165, 1.54) is 0 Å². The van der Waals surface area contributed by atoms with Gasteiger partial charge in [-0.1, -0.05) is 0 Å². The van der Waals surface area contributed by atoms with Gasteiger partial charge in [-0.15, -0.1) is 11.3 Å². The molecule has 1 saturated carbocycles. The van der Waals surface area contributed by atoms with Gasteiger partial charge in [0, 0.05) is 30.6 Å². The lowest BCUT2D eigenvalue weighted by molar-refractivity contribution is 0.604. The molecular formula is C14H16N4OS. The zero-order valence-corrected chi connectivity index (χ0v) is 12.1. The van der Waals surface area contributed by atoms with Crippen molar-refractivity contribution in [1.29, 1.82) is 0 Å². The number of thiazole rings is 1. The summed E-state index contributed by atoms with van der Waals surface area (Å²) in [6, 6.07) is 0. The SMILES string of the molecule is Cc1csc(C2(c3nc4c(c(=O)[nH]3)CNCC4)CC2)n1. The number of aryl methyl sites for hydroxylation is 1. The Morgan fingerprint density at radius 2 is 2.20 bits per heavy atom. The van der Waals surface area contributed by atoms with Gasteiger partial charge >= 0.3 is 0 Å². The highest BCUT2D eigenvalue weighted by atomic mass is 32.1. The summed E-state index contributed by atoms with van der Waals surface area (Å²) >= 11 is 1.67. The van der Waals surface area contributed by atoms with Crippen LogP contribution in [0.2, 0.25) is 0 Å². The first kappa shape index (κ1) is 12.2. The Morgan fingerprint density at radius 3 is 2.90 bits per heavy atom. The highest BCUT2D eigenvalue weighted by Crippen LogP contribution is 2.52. The predicted molar refractivity (Wildman–Crippen MR) is 77.1 cm³/mol. The second kappa shape index (κ2) is 4.23. The molecule has 0 radical (unpaired) electrons. The number of H-pyrrole nitrogens is 1. The molecule has 2 aliphatic rings. The Kier molecular flexibility index (Phi) is 2.59. The lowest BCUT2D eigenvalue weighted by atomic mass is 10.0. The van der Waals surface area contributed by atoms with E-state index in [4.69, 9.17) is 4.98 Å². The number of hydrogen-bond acceptors (Lipinski definition) is 5. The van der Waals surface area contributed by atoms with Gasteiger partial charge < -0.3 is 10.3 Å². The van der Waals surface area contributed by atoms with Crippen molar-refractivity contribution in [3.8, 4) is 0 Å². The third-order valence-corrected chi connectivity index (χ3v) is 5.34. The molecule has 1 fully saturated rings. The summed E-state index contributed by atoms with van der Waals surface area (Å²) in [4.78, 5) is 24.6. The van der Waals surface area contributed by atoms with E-state index in [1.54, 1.807) is 11.3 Å². The van der Waals surface area contributed by atoms with E-state index in [0.717, 1.165) is 53.6 Å². The second-order valence-corrected chi connectivity index (χ2v) is 6.50. The molecule has 1 aliphatic carbocycles.